The zero-order chi connectivity index (χ0) is 31.4. The fourth-order valence-electron chi connectivity index (χ4n) is 5.14. The van der Waals surface area contributed by atoms with Gasteiger partial charge in [0.25, 0.3) is 5.95 Å². The summed E-state index contributed by atoms with van der Waals surface area (Å²) in [5.41, 5.74) is -1.70. The van der Waals surface area contributed by atoms with E-state index in [-0.39, 0.29) is 36.1 Å². The van der Waals surface area contributed by atoms with Gasteiger partial charge in [-0.1, -0.05) is 5.10 Å². The van der Waals surface area contributed by atoms with Gasteiger partial charge in [0, 0.05) is 51.8 Å². The van der Waals surface area contributed by atoms with Gasteiger partial charge < -0.3 is 4.90 Å². The molecule has 1 fully saturated rings. The van der Waals surface area contributed by atoms with Crippen molar-refractivity contribution < 1.29 is 31.1 Å². The summed E-state index contributed by atoms with van der Waals surface area (Å²) in [6.07, 6.45) is -8.06. The number of pyridine rings is 1. The molecule has 1 atom stereocenters. The summed E-state index contributed by atoms with van der Waals surface area (Å²) in [7, 11) is 5.23. The molecule has 1 aromatic carbocycles. The quantitative estimate of drug-likeness (QED) is 0.330. The molecule has 0 bridgehead atoms. The predicted octanol–water partition coefficient (Wildman–Crippen LogP) is 4.97. The van der Waals surface area contributed by atoms with Crippen molar-refractivity contribution in [2.75, 3.05) is 35.4 Å². The summed E-state index contributed by atoms with van der Waals surface area (Å²) < 4.78 is 81.8. The van der Waals surface area contributed by atoms with Gasteiger partial charge in [-0.05, 0) is 60.7 Å². The van der Waals surface area contributed by atoms with Crippen LogP contribution in [-0.4, -0.2) is 56.7 Å². The normalized spacial score (nSPS) is 17.4. The number of alkyl halides is 6. The van der Waals surface area contributed by atoms with Crippen LogP contribution in [0.3, 0.4) is 0 Å². The first-order valence-corrected chi connectivity index (χ1v) is 13.6. The van der Waals surface area contributed by atoms with Gasteiger partial charge in [-0.25, -0.2) is 9.99 Å². The second-order valence-corrected chi connectivity index (χ2v) is 11.1. The number of hydrogen-bond donors (Lipinski definition) is 0. The molecule has 1 saturated carbocycles. The lowest BCUT2D eigenvalue weighted by atomic mass is 10.0. The zero-order valence-corrected chi connectivity index (χ0v) is 24.2. The Labute approximate surface area is 243 Å². The van der Waals surface area contributed by atoms with Gasteiger partial charge in [0.1, 0.15) is 11.6 Å². The van der Waals surface area contributed by atoms with E-state index >= 15 is 0 Å². The topological polar surface area (TPSA) is 86.5 Å². The van der Waals surface area contributed by atoms with Crippen LogP contribution >= 0.6 is 0 Å². The van der Waals surface area contributed by atoms with Crippen molar-refractivity contribution in [2.24, 2.45) is 13.0 Å². The average Bonchev–Trinajstić information content (AvgIpc) is 3.60. The molecule has 2 aliphatic rings. The highest BCUT2D eigenvalue weighted by Crippen LogP contribution is 2.41. The van der Waals surface area contributed by atoms with Crippen LogP contribution in [0.5, 0.6) is 0 Å². The number of hydrogen-bond acceptors (Lipinski definition) is 8. The van der Waals surface area contributed by atoms with E-state index in [1.165, 1.54) is 18.9 Å². The third kappa shape index (κ3) is 6.38. The molecule has 1 aliphatic heterocycles. The Bertz CT molecular complexity index is 1490. The number of carbonyl (C=O) groups is 1. The van der Waals surface area contributed by atoms with Crippen LogP contribution in [0.15, 0.2) is 24.3 Å². The number of amides is 1. The Morgan fingerprint density at radius 1 is 0.977 bits per heavy atom. The van der Waals surface area contributed by atoms with Crippen LogP contribution in [0, 0.1) is 5.92 Å². The number of tetrazole rings is 1. The number of rotatable bonds is 8. The van der Waals surface area contributed by atoms with Crippen LogP contribution in [0.2, 0.25) is 0 Å². The van der Waals surface area contributed by atoms with E-state index in [1.54, 1.807) is 4.90 Å². The molecule has 232 valence electrons. The highest BCUT2D eigenvalue weighted by atomic mass is 19.4. The summed E-state index contributed by atoms with van der Waals surface area (Å²) in [5.74, 6) is 1.07. The Kier molecular flexibility index (Phi) is 7.77. The number of aryl methyl sites for hydroxylation is 1. The fourth-order valence-corrected chi connectivity index (χ4v) is 5.14. The van der Waals surface area contributed by atoms with Crippen LogP contribution in [0.4, 0.5) is 43.9 Å². The van der Waals surface area contributed by atoms with E-state index in [1.807, 2.05) is 37.1 Å². The first kappa shape index (κ1) is 30.5. The number of aromatic nitrogens is 5. The molecule has 0 radical (unpaired) electrons. The minimum absolute atomic E-state index is 0.0150. The van der Waals surface area contributed by atoms with Gasteiger partial charge in [0.2, 0.25) is 5.91 Å². The SMILES string of the molecule is CC(=O)N(CC1CC1)c1nc2c(cc1CN(Cc1cc(C(F)(F)F)cc(C(F)(F)F)c1)c1nnn(C)n1)C(C)N(C)N2C. The van der Waals surface area contributed by atoms with Crippen LogP contribution < -0.4 is 14.8 Å². The minimum Gasteiger partial charge on any atom is -0.329 e. The first-order valence-electron chi connectivity index (χ1n) is 13.6. The van der Waals surface area contributed by atoms with Crippen molar-refractivity contribution in [2.45, 2.75) is 58.2 Å². The van der Waals surface area contributed by atoms with E-state index in [4.69, 9.17) is 4.98 Å². The lowest BCUT2D eigenvalue weighted by molar-refractivity contribution is -0.143. The lowest BCUT2D eigenvalue weighted by Crippen LogP contribution is -2.35. The molecular formula is C27H31F6N9O. The Balaban J connectivity index is 1.62. The molecule has 3 heterocycles. The maximum atomic E-state index is 13.6. The summed E-state index contributed by atoms with van der Waals surface area (Å²) in [6, 6.07) is 3.24. The third-order valence-electron chi connectivity index (χ3n) is 7.81. The number of carbonyl (C=O) groups excluding carboxylic acids is 1. The minimum atomic E-state index is -5.00. The van der Waals surface area contributed by atoms with E-state index in [0.717, 1.165) is 23.2 Å². The molecule has 10 nitrogen and oxygen atoms in total. The third-order valence-corrected chi connectivity index (χ3v) is 7.81. The highest BCUT2D eigenvalue weighted by Gasteiger charge is 2.38. The summed E-state index contributed by atoms with van der Waals surface area (Å²) in [4.78, 5) is 21.9. The standard InChI is InChI=1S/C27H31F6N9O/c1-15-22-10-19(23(34-24(22)39(4)38(15)3)42(16(2)43)13-17-6-7-17)14-41(25-35-37-40(5)36-25)12-18-8-20(26(28,29)30)11-21(9-18)27(31,32)33/h8-11,15,17H,6-7,12-14H2,1-5H3. The molecule has 0 saturated heterocycles. The van der Waals surface area contributed by atoms with Gasteiger partial charge >= 0.3 is 12.4 Å². The van der Waals surface area contributed by atoms with Crippen molar-refractivity contribution in [1.82, 2.24) is 30.2 Å². The average molecular weight is 612 g/mol. The molecular weight excluding hydrogens is 580 g/mol. The zero-order valence-electron chi connectivity index (χ0n) is 24.2. The Morgan fingerprint density at radius 2 is 1.60 bits per heavy atom. The van der Waals surface area contributed by atoms with Crippen molar-refractivity contribution in [3.8, 4) is 0 Å². The Hall–Kier alpha value is -3.95. The van der Waals surface area contributed by atoms with E-state index in [0.29, 0.717) is 41.8 Å². The van der Waals surface area contributed by atoms with Crippen molar-refractivity contribution >= 4 is 23.5 Å². The van der Waals surface area contributed by atoms with E-state index in [9.17, 15) is 31.1 Å². The number of nitrogens with zero attached hydrogens (tertiary/aromatic N) is 9. The molecule has 3 aromatic rings. The smallest absolute Gasteiger partial charge is 0.329 e. The summed E-state index contributed by atoms with van der Waals surface area (Å²) >= 11 is 0. The molecule has 1 amide bonds. The molecule has 1 unspecified atom stereocenters. The van der Waals surface area contributed by atoms with Gasteiger partial charge in [-0.3, -0.25) is 14.7 Å². The van der Waals surface area contributed by atoms with Crippen molar-refractivity contribution in [3.05, 3.63) is 52.1 Å². The van der Waals surface area contributed by atoms with Gasteiger partial charge in [0.05, 0.1) is 24.2 Å². The molecule has 0 N–H and O–H groups in total. The highest BCUT2D eigenvalue weighted by molar-refractivity contribution is 5.91. The van der Waals surface area contributed by atoms with Crippen LogP contribution in [0.25, 0.3) is 0 Å². The number of benzene rings is 1. The maximum Gasteiger partial charge on any atom is 0.416 e. The van der Waals surface area contributed by atoms with E-state index < -0.39 is 30.0 Å². The maximum absolute atomic E-state index is 13.6. The summed E-state index contributed by atoms with van der Waals surface area (Å²) in [6.45, 7) is 3.36. The number of anilines is 3. The van der Waals surface area contributed by atoms with Crippen LogP contribution in [-0.2, 0) is 37.3 Å². The van der Waals surface area contributed by atoms with Gasteiger partial charge in [-0.2, -0.15) is 31.1 Å². The van der Waals surface area contributed by atoms with Gasteiger partial charge in [0.15, 0.2) is 0 Å². The number of fused-ring (bicyclic) bond motifs is 1. The first-order chi connectivity index (χ1) is 20.0. The lowest BCUT2D eigenvalue weighted by Gasteiger charge is -2.28. The van der Waals surface area contributed by atoms with Crippen molar-refractivity contribution in [3.63, 3.8) is 0 Å². The molecule has 43 heavy (non-hydrogen) atoms. The van der Waals surface area contributed by atoms with Crippen LogP contribution in [0.1, 0.15) is 60.5 Å². The monoisotopic (exact) mass is 611 g/mol. The van der Waals surface area contributed by atoms with Crippen molar-refractivity contribution in [1.29, 1.82) is 0 Å². The fraction of sp³-hybridized carbons (Fsp3) is 0.519. The second-order valence-electron chi connectivity index (χ2n) is 11.1. The summed E-state index contributed by atoms with van der Waals surface area (Å²) in [5, 5.41) is 15.8. The molecule has 0 spiro atoms. The Morgan fingerprint density at radius 3 is 2.12 bits per heavy atom. The van der Waals surface area contributed by atoms with Gasteiger partial charge in [-0.15, -0.1) is 5.10 Å². The largest absolute Gasteiger partial charge is 0.416 e. The predicted molar refractivity (Wildman–Crippen MR) is 145 cm³/mol. The molecule has 16 heteroatoms. The number of hydrazine groups is 1. The second kappa shape index (κ2) is 11.0. The van der Waals surface area contributed by atoms with E-state index in [2.05, 4.69) is 15.4 Å². The number of halogens is 6. The molecule has 5 rings (SSSR count). The molecule has 1 aliphatic carbocycles. The molecule has 2 aromatic heterocycles.